The van der Waals surface area contributed by atoms with Crippen molar-refractivity contribution >= 4 is 11.9 Å². The number of ether oxygens (including phenoxy) is 3. The summed E-state index contributed by atoms with van der Waals surface area (Å²) in [6, 6.07) is -0.142. The molecule has 2 rings (SSSR count). The third kappa shape index (κ3) is 4.91. The molecule has 23 heavy (non-hydrogen) atoms. The molecular formula is C17H29NO5. The number of nitrogens with zero attached hydrogens (tertiary/aromatic N) is 1. The van der Waals surface area contributed by atoms with E-state index in [0.717, 1.165) is 0 Å². The molecule has 0 saturated carbocycles. The number of amides is 1. The van der Waals surface area contributed by atoms with Crippen molar-refractivity contribution in [2.24, 2.45) is 5.92 Å². The van der Waals surface area contributed by atoms with E-state index in [1.165, 1.54) is 0 Å². The highest BCUT2D eigenvalue weighted by molar-refractivity contribution is 5.81. The summed E-state index contributed by atoms with van der Waals surface area (Å²) in [5.74, 6) is 0.229. The highest BCUT2D eigenvalue weighted by Gasteiger charge is 2.44. The molecule has 0 N–H and O–H groups in total. The average Bonchev–Trinajstić information content (AvgIpc) is 2.44. The molecule has 1 amide bonds. The number of rotatable bonds is 5. The predicted octanol–water partition coefficient (Wildman–Crippen LogP) is 2.40. The molecule has 6 nitrogen and oxygen atoms in total. The topological polar surface area (TPSA) is 65.1 Å². The normalized spacial score (nSPS) is 27.7. The van der Waals surface area contributed by atoms with Crippen molar-refractivity contribution in [2.75, 3.05) is 26.4 Å². The average molecular weight is 327 g/mol. The van der Waals surface area contributed by atoms with Gasteiger partial charge in [0.05, 0.1) is 31.9 Å². The van der Waals surface area contributed by atoms with Crippen LogP contribution in [0.2, 0.25) is 0 Å². The fourth-order valence-corrected chi connectivity index (χ4v) is 3.31. The number of carbonyl (C=O) groups is 2. The Labute approximate surface area is 138 Å². The minimum Gasteiger partial charge on any atom is -0.444 e. The lowest BCUT2D eigenvalue weighted by Crippen LogP contribution is -2.60. The van der Waals surface area contributed by atoms with Gasteiger partial charge in [-0.15, -0.1) is 0 Å². The van der Waals surface area contributed by atoms with Gasteiger partial charge < -0.3 is 14.2 Å². The molecule has 2 atom stereocenters. The van der Waals surface area contributed by atoms with Gasteiger partial charge in [0.2, 0.25) is 0 Å². The van der Waals surface area contributed by atoms with E-state index in [2.05, 4.69) is 0 Å². The van der Waals surface area contributed by atoms with Gasteiger partial charge in [0.25, 0.3) is 0 Å². The quantitative estimate of drug-likeness (QED) is 0.726. The molecule has 2 saturated heterocycles. The van der Waals surface area contributed by atoms with E-state index in [9.17, 15) is 9.59 Å². The van der Waals surface area contributed by atoms with E-state index in [4.69, 9.17) is 14.2 Å². The Hall–Kier alpha value is -1.14. The van der Waals surface area contributed by atoms with Crippen molar-refractivity contribution in [3.8, 4) is 0 Å². The smallest absolute Gasteiger partial charge is 0.410 e. The zero-order valence-corrected chi connectivity index (χ0v) is 14.7. The van der Waals surface area contributed by atoms with E-state index in [1.807, 2.05) is 27.7 Å². The minimum atomic E-state index is -0.517. The molecule has 2 aliphatic heterocycles. The molecule has 0 aromatic rings. The van der Waals surface area contributed by atoms with Crippen LogP contribution in [0.1, 0.15) is 47.0 Å². The fraction of sp³-hybridized carbons (Fsp3) is 0.882. The van der Waals surface area contributed by atoms with Crippen molar-refractivity contribution in [3.05, 3.63) is 0 Å². The molecule has 2 aliphatic rings. The maximum atomic E-state index is 12.5. The Kier molecular flexibility index (Phi) is 6.03. The van der Waals surface area contributed by atoms with Crippen LogP contribution < -0.4 is 0 Å². The molecule has 2 fully saturated rings. The first-order valence-corrected chi connectivity index (χ1v) is 8.51. The van der Waals surface area contributed by atoms with Gasteiger partial charge >= 0.3 is 6.09 Å². The van der Waals surface area contributed by atoms with Gasteiger partial charge in [-0.25, -0.2) is 4.79 Å². The number of hydrogen-bond donors (Lipinski definition) is 0. The van der Waals surface area contributed by atoms with Crippen molar-refractivity contribution in [1.29, 1.82) is 0 Å². The molecule has 6 heteroatoms. The second-order valence-corrected chi connectivity index (χ2v) is 7.31. The maximum absolute atomic E-state index is 12.5. The summed E-state index contributed by atoms with van der Waals surface area (Å²) < 4.78 is 16.4. The Morgan fingerprint density at radius 3 is 2.30 bits per heavy atom. The van der Waals surface area contributed by atoms with Gasteiger partial charge in [-0.1, -0.05) is 0 Å². The van der Waals surface area contributed by atoms with Crippen LogP contribution >= 0.6 is 0 Å². The summed E-state index contributed by atoms with van der Waals surface area (Å²) in [6.45, 7) is 9.57. The van der Waals surface area contributed by atoms with Crippen LogP contribution in [0.5, 0.6) is 0 Å². The number of carbonyl (C=O) groups excluding carboxylic acids is 2. The van der Waals surface area contributed by atoms with E-state index in [-0.39, 0.29) is 29.9 Å². The van der Waals surface area contributed by atoms with Gasteiger partial charge in [0, 0.05) is 18.9 Å². The summed E-state index contributed by atoms with van der Waals surface area (Å²) in [7, 11) is 0. The highest BCUT2D eigenvalue weighted by Crippen LogP contribution is 2.33. The number of piperidine rings is 1. The molecule has 0 radical (unpaired) electrons. The largest absolute Gasteiger partial charge is 0.444 e. The zero-order valence-electron chi connectivity index (χ0n) is 14.7. The summed E-state index contributed by atoms with van der Waals surface area (Å²) >= 11 is 0. The number of hydrogen-bond acceptors (Lipinski definition) is 5. The zero-order chi connectivity index (χ0) is 17.0. The highest BCUT2D eigenvalue weighted by atomic mass is 16.6. The second-order valence-electron chi connectivity index (χ2n) is 7.31. The van der Waals surface area contributed by atoms with Gasteiger partial charge in [-0.05, 0) is 40.5 Å². The van der Waals surface area contributed by atoms with Crippen LogP contribution in [-0.2, 0) is 19.0 Å². The summed E-state index contributed by atoms with van der Waals surface area (Å²) in [5, 5.41) is 0. The second kappa shape index (κ2) is 7.62. The van der Waals surface area contributed by atoms with Crippen molar-refractivity contribution < 1.29 is 23.8 Å². The molecule has 2 bridgehead atoms. The standard InChI is InChI=1S/C17H29NO5/c1-5-21-7-6-15(19)12-8-13-10-22-11-14(9-12)18(13)16(20)23-17(2,3)4/h12-14H,5-11H2,1-4H3. The van der Waals surface area contributed by atoms with E-state index >= 15 is 0 Å². The van der Waals surface area contributed by atoms with Crippen molar-refractivity contribution in [2.45, 2.75) is 64.6 Å². The Morgan fingerprint density at radius 1 is 1.17 bits per heavy atom. The van der Waals surface area contributed by atoms with Crippen LogP contribution in [0.4, 0.5) is 4.79 Å². The summed E-state index contributed by atoms with van der Waals surface area (Å²) in [6.07, 6.45) is 1.46. The molecule has 2 unspecified atom stereocenters. The van der Waals surface area contributed by atoms with Crippen LogP contribution in [0.3, 0.4) is 0 Å². The third-order valence-electron chi connectivity index (χ3n) is 4.28. The van der Waals surface area contributed by atoms with Crippen LogP contribution in [0, 0.1) is 5.92 Å². The first kappa shape index (κ1) is 18.2. The third-order valence-corrected chi connectivity index (χ3v) is 4.28. The lowest BCUT2D eigenvalue weighted by Gasteiger charge is -2.47. The Morgan fingerprint density at radius 2 is 1.78 bits per heavy atom. The van der Waals surface area contributed by atoms with Crippen molar-refractivity contribution in [3.63, 3.8) is 0 Å². The van der Waals surface area contributed by atoms with Crippen LogP contribution in [-0.4, -0.2) is 60.9 Å². The first-order chi connectivity index (χ1) is 10.8. The van der Waals surface area contributed by atoms with E-state index in [0.29, 0.717) is 45.7 Å². The summed E-state index contributed by atoms with van der Waals surface area (Å²) in [5.41, 5.74) is -0.517. The monoisotopic (exact) mass is 327 g/mol. The van der Waals surface area contributed by atoms with E-state index < -0.39 is 5.60 Å². The SMILES string of the molecule is CCOCCC(=O)C1CC2COCC(C1)N2C(=O)OC(C)(C)C. The Bertz CT molecular complexity index is 417. The number of morpholine rings is 1. The predicted molar refractivity (Wildman–Crippen MR) is 85.3 cm³/mol. The molecule has 0 aromatic heterocycles. The van der Waals surface area contributed by atoms with Crippen molar-refractivity contribution in [1.82, 2.24) is 4.90 Å². The fourth-order valence-electron chi connectivity index (χ4n) is 3.31. The first-order valence-electron chi connectivity index (χ1n) is 8.51. The molecule has 132 valence electrons. The summed E-state index contributed by atoms with van der Waals surface area (Å²) in [4.78, 5) is 26.6. The molecule has 0 aliphatic carbocycles. The van der Waals surface area contributed by atoms with Gasteiger partial charge in [-0.2, -0.15) is 0 Å². The minimum absolute atomic E-state index is 0.00644. The number of fused-ring (bicyclic) bond motifs is 2. The molecular weight excluding hydrogens is 298 g/mol. The molecule has 0 spiro atoms. The van der Waals surface area contributed by atoms with Crippen LogP contribution in [0.25, 0.3) is 0 Å². The van der Waals surface area contributed by atoms with Gasteiger partial charge in [-0.3, -0.25) is 9.69 Å². The Balaban J connectivity index is 1.97. The molecule has 2 heterocycles. The number of Topliss-reactive ketones (excluding diaryl/α,β-unsaturated/α-hetero) is 1. The maximum Gasteiger partial charge on any atom is 0.410 e. The van der Waals surface area contributed by atoms with Gasteiger partial charge in [0.15, 0.2) is 0 Å². The molecule has 0 aromatic carbocycles. The lowest BCUT2D eigenvalue weighted by atomic mass is 9.82. The lowest BCUT2D eigenvalue weighted by molar-refractivity contribution is -0.133. The van der Waals surface area contributed by atoms with Gasteiger partial charge in [0.1, 0.15) is 11.4 Å². The van der Waals surface area contributed by atoms with E-state index in [1.54, 1.807) is 4.90 Å². The van der Waals surface area contributed by atoms with Crippen LogP contribution in [0.15, 0.2) is 0 Å². The number of ketones is 1.